The first-order valence-corrected chi connectivity index (χ1v) is 7.05. The van der Waals surface area contributed by atoms with E-state index in [1.54, 1.807) is 11.2 Å². The second-order valence-corrected chi connectivity index (χ2v) is 4.69. The summed E-state index contributed by atoms with van der Waals surface area (Å²) < 4.78 is 0. The molecule has 0 radical (unpaired) electrons. The van der Waals surface area contributed by atoms with Crippen molar-refractivity contribution in [1.82, 2.24) is 0 Å². The molecule has 2 rings (SSSR count). The largest absolute Gasteiger partial charge is 0.326 e. The molecule has 3 nitrogen and oxygen atoms in total. The fraction of sp³-hybridized carbons (Fsp3) is 0.105. The minimum Gasteiger partial charge on any atom is -0.326 e. The number of hydrogen-bond donors (Lipinski definition) is 1. The molecule has 2 aromatic rings. The van der Waals surface area contributed by atoms with E-state index in [4.69, 9.17) is 12.2 Å². The molecule has 2 aromatic carbocycles. The van der Waals surface area contributed by atoms with Crippen molar-refractivity contribution in [3.63, 3.8) is 0 Å². The van der Waals surface area contributed by atoms with E-state index >= 15 is 0 Å². The Hall–Kier alpha value is -2.83. The van der Waals surface area contributed by atoms with Crippen LogP contribution in [0.25, 0.3) is 0 Å². The van der Waals surface area contributed by atoms with E-state index in [1.165, 1.54) is 0 Å². The van der Waals surface area contributed by atoms with Gasteiger partial charge in [-0.25, -0.2) is 5.01 Å². The van der Waals surface area contributed by atoms with E-state index in [9.17, 15) is 0 Å². The zero-order chi connectivity index (χ0) is 15.8. The molecule has 0 spiro atoms. The Morgan fingerprint density at radius 2 is 1.86 bits per heavy atom. The van der Waals surface area contributed by atoms with Gasteiger partial charge in [-0.05, 0) is 23.3 Å². The summed E-state index contributed by atoms with van der Waals surface area (Å²) in [6, 6.07) is 17.8. The molecule has 0 heterocycles. The van der Waals surface area contributed by atoms with Gasteiger partial charge in [-0.3, -0.25) is 0 Å². The Morgan fingerprint density at radius 1 is 1.18 bits per heavy atom. The standard InChI is InChI=1S/C19H19N3/c1-3-8-19(17-9-6-5-7-10-17)21-22(4-2)18-13-11-16(15-20)12-14-18/h1,4-7,9-14H,2,8,15,20H2/b21-19+. The highest BCUT2D eigenvalue weighted by Gasteiger charge is 2.06. The highest BCUT2D eigenvalue weighted by molar-refractivity contribution is 6.02. The van der Waals surface area contributed by atoms with Crippen LogP contribution in [-0.4, -0.2) is 5.71 Å². The molecular weight excluding hydrogens is 270 g/mol. The van der Waals surface area contributed by atoms with Gasteiger partial charge in [0.2, 0.25) is 0 Å². The van der Waals surface area contributed by atoms with Crippen molar-refractivity contribution < 1.29 is 0 Å². The van der Waals surface area contributed by atoms with Gasteiger partial charge in [-0.15, -0.1) is 12.3 Å². The first kappa shape index (κ1) is 15.6. The lowest BCUT2D eigenvalue weighted by Crippen LogP contribution is -2.13. The molecule has 0 fully saturated rings. The van der Waals surface area contributed by atoms with E-state index < -0.39 is 0 Å². The number of rotatable bonds is 6. The molecule has 0 bridgehead atoms. The molecule has 0 atom stereocenters. The smallest absolute Gasteiger partial charge is 0.0804 e. The van der Waals surface area contributed by atoms with E-state index in [0.29, 0.717) is 13.0 Å². The number of nitrogens with two attached hydrogens (primary N) is 1. The number of hydrogen-bond acceptors (Lipinski definition) is 3. The minimum absolute atomic E-state index is 0.454. The Morgan fingerprint density at radius 3 is 2.41 bits per heavy atom. The van der Waals surface area contributed by atoms with Crippen LogP contribution in [0.5, 0.6) is 0 Å². The number of benzene rings is 2. The second kappa shape index (κ2) is 7.82. The predicted octanol–water partition coefficient (Wildman–Crippen LogP) is 3.52. The average molecular weight is 289 g/mol. The van der Waals surface area contributed by atoms with Crippen LogP contribution in [0.4, 0.5) is 5.69 Å². The summed E-state index contributed by atoms with van der Waals surface area (Å²) in [6.07, 6.45) is 7.59. The molecule has 0 aromatic heterocycles. The van der Waals surface area contributed by atoms with Gasteiger partial charge >= 0.3 is 0 Å². The Labute approximate surface area is 131 Å². The van der Waals surface area contributed by atoms with Gasteiger partial charge < -0.3 is 5.73 Å². The summed E-state index contributed by atoms with van der Waals surface area (Å²) in [5, 5.41) is 6.36. The van der Waals surface area contributed by atoms with Crippen LogP contribution >= 0.6 is 0 Å². The average Bonchev–Trinajstić information content (AvgIpc) is 2.59. The predicted molar refractivity (Wildman–Crippen MR) is 93.4 cm³/mol. The fourth-order valence-corrected chi connectivity index (χ4v) is 2.04. The van der Waals surface area contributed by atoms with Gasteiger partial charge in [-0.1, -0.05) is 49.0 Å². The summed E-state index contributed by atoms with van der Waals surface area (Å²) in [5.74, 6) is 2.66. The lowest BCUT2D eigenvalue weighted by Gasteiger charge is -2.16. The summed E-state index contributed by atoms with van der Waals surface area (Å²) in [7, 11) is 0. The Bertz CT molecular complexity index is 679. The molecule has 3 heteroatoms. The van der Waals surface area contributed by atoms with Crippen LogP contribution in [-0.2, 0) is 6.54 Å². The molecule has 0 unspecified atom stereocenters. The molecular formula is C19H19N3. The third kappa shape index (κ3) is 3.85. The highest BCUT2D eigenvalue weighted by atomic mass is 15.4. The summed E-state index contributed by atoms with van der Waals surface area (Å²) in [6.45, 7) is 4.35. The van der Waals surface area contributed by atoms with Crippen LogP contribution in [0.2, 0.25) is 0 Å². The molecule has 22 heavy (non-hydrogen) atoms. The van der Waals surface area contributed by atoms with Crippen molar-refractivity contribution in [2.24, 2.45) is 10.8 Å². The lowest BCUT2D eigenvalue weighted by atomic mass is 10.1. The van der Waals surface area contributed by atoms with Crippen LogP contribution in [0.3, 0.4) is 0 Å². The van der Waals surface area contributed by atoms with Crippen molar-refractivity contribution in [1.29, 1.82) is 0 Å². The molecule has 2 N–H and O–H groups in total. The third-order valence-electron chi connectivity index (χ3n) is 3.21. The second-order valence-electron chi connectivity index (χ2n) is 4.69. The van der Waals surface area contributed by atoms with Gasteiger partial charge in [0.15, 0.2) is 0 Å². The van der Waals surface area contributed by atoms with Crippen molar-refractivity contribution in [3.8, 4) is 12.3 Å². The van der Waals surface area contributed by atoms with Crippen LogP contribution < -0.4 is 10.7 Å². The van der Waals surface area contributed by atoms with Gasteiger partial charge in [-0.2, -0.15) is 5.10 Å². The van der Waals surface area contributed by atoms with Crippen molar-refractivity contribution >= 4 is 11.4 Å². The maximum Gasteiger partial charge on any atom is 0.0804 e. The molecule has 0 aliphatic carbocycles. The number of hydrazone groups is 1. The van der Waals surface area contributed by atoms with Crippen molar-refractivity contribution in [2.45, 2.75) is 13.0 Å². The first-order chi connectivity index (χ1) is 10.8. The highest BCUT2D eigenvalue weighted by Crippen LogP contribution is 2.17. The number of terminal acetylenes is 1. The fourth-order valence-electron chi connectivity index (χ4n) is 2.04. The molecule has 0 saturated heterocycles. The summed E-state index contributed by atoms with van der Waals surface area (Å²) >= 11 is 0. The van der Waals surface area contributed by atoms with Gasteiger partial charge in [0.1, 0.15) is 0 Å². The zero-order valence-corrected chi connectivity index (χ0v) is 12.4. The number of anilines is 1. The molecule has 0 amide bonds. The van der Waals surface area contributed by atoms with E-state index in [1.807, 2.05) is 54.6 Å². The lowest BCUT2D eigenvalue weighted by molar-refractivity contribution is 1.05. The van der Waals surface area contributed by atoms with E-state index in [2.05, 4.69) is 17.6 Å². The number of nitrogens with zero attached hydrogens (tertiary/aromatic N) is 2. The molecule has 0 aliphatic heterocycles. The SMILES string of the molecule is C#CC/C(=N\N(C=C)c1ccc(CN)cc1)c1ccccc1. The summed E-state index contributed by atoms with van der Waals surface area (Å²) in [5.41, 5.74) is 9.44. The molecule has 0 saturated carbocycles. The van der Waals surface area contributed by atoms with Crippen molar-refractivity contribution in [3.05, 3.63) is 78.5 Å². The Kier molecular flexibility index (Phi) is 5.53. The van der Waals surface area contributed by atoms with Gasteiger partial charge in [0.05, 0.1) is 17.8 Å². The maximum atomic E-state index is 5.62. The minimum atomic E-state index is 0.454. The van der Waals surface area contributed by atoms with Crippen molar-refractivity contribution in [2.75, 3.05) is 5.01 Å². The van der Waals surface area contributed by atoms with Crippen LogP contribution in [0.15, 0.2) is 72.5 Å². The topological polar surface area (TPSA) is 41.6 Å². The first-order valence-electron chi connectivity index (χ1n) is 7.05. The molecule has 0 aliphatic rings. The summed E-state index contributed by atoms with van der Waals surface area (Å²) in [4.78, 5) is 0. The van der Waals surface area contributed by atoms with E-state index in [0.717, 1.165) is 22.5 Å². The Balaban J connectivity index is 2.35. The monoisotopic (exact) mass is 289 g/mol. The maximum absolute atomic E-state index is 5.62. The van der Waals surface area contributed by atoms with Crippen LogP contribution in [0.1, 0.15) is 17.5 Å². The quantitative estimate of drug-likeness (QED) is 0.502. The van der Waals surface area contributed by atoms with Gasteiger partial charge in [0, 0.05) is 12.7 Å². The zero-order valence-electron chi connectivity index (χ0n) is 12.4. The van der Waals surface area contributed by atoms with Crippen LogP contribution in [0, 0.1) is 12.3 Å². The third-order valence-corrected chi connectivity index (χ3v) is 3.21. The normalized spacial score (nSPS) is 10.8. The van der Waals surface area contributed by atoms with E-state index in [-0.39, 0.29) is 0 Å². The molecule has 110 valence electrons. The van der Waals surface area contributed by atoms with Gasteiger partial charge in [0.25, 0.3) is 0 Å².